The molecule has 82 valence electrons. The molecular formula is C13H12O3. The Morgan fingerprint density at radius 1 is 1.25 bits per heavy atom. The van der Waals surface area contributed by atoms with Crippen molar-refractivity contribution in [3.05, 3.63) is 45.8 Å². The first-order valence-electron chi connectivity index (χ1n) is 5.16. The minimum Gasteiger partial charge on any atom is -0.460 e. The third-order valence-electron chi connectivity index (χ3n) is 2.50. The number of fused-ring (bicyclic) bond motifs is 1. The molecule has 0 amide bonds. The normalized spacial score (nSPS) is 10.9. The summed E-state index contributed by atoms with van der Waals surface area (Å²) in [4.78, 5) is 22.9. The molecule has 2 aromatic rings. The summed E-state index contributed by atoms with van der Waals surface area (Å²) in [6.45, 7) is 3.78. The van der Waals surface area contributed by atoms with Crippen molar-refractivity contribution >= 4 is 17.3 Å². The average molecular weight is 216 g/mol. The zero-order chi connectivity index (χ0) is 11.7. The monoisotopic (exact) mass is 216 g/mol. The van der Waals surface area contributed by atoms with Gasteiger partial charge in [-0.25, -0.2) is 0 Å². The largest absolute Gasteiger partial charge is 0.460 e. The van der Waals surface area contributed by atoms with Gasteiger partial charge in [-0.15, -0.1) is 0 Å². The molecule has 0 aliphatic heterocycles. The van der Waals surface area contributed by atoms with E-state index in [4.69, 9.17) is 4.42 Å². The van der Waals surface area contributed by atoms with Crippen molar-refractivity contribution in [1.29, 1.82) is 0 Å². The Bertz CT molecular complexity index is 594. The van der Waals surface area contributed by atoms with E-state index in [0.717, 1.165) is 0 Å². The van der Waals surface area contributed by atoms with E-state index >= 15 is 0 Å². The van der Waals surface area contributed by atoms with E-state index in [1.807, 2.05) is 13.8 Å². The predicted octanol–water partition coefficient (Wildman–Crippen LogP) is 2.73. The van der Waals surface area contributed by atoms with E-state index in [9.17, 15) is 9.59 Å². The molecule has 3 heteroatoms. The summed E-state index contributed by atoms with van der Waals surface area (Å²) < 4.78 is 5.59. The van der Waals surface area contributed by atoms with E-state index in [1.54, 1.807) is 24.3 Å². The van der Waals surface area contributed by atoms with Gasteiger partial charge in [0.2, 0.25) is 5.43 Å². The van der Waals surface area contributed by atoms with Gasteiger partial charge in [-0.2, -0.15) is 0 Å². The molecule has 16 heavy (non-hydrogen) atoms. The van der Waals surface area contributed by atoms with Crippen LogP contribution in [0.25, 0.3) is 11.0 Å². The molecule has 0 spiro atoms. The van der Waals surface area contributed by atoms with Crippen molar-refractivity contribution in [1.82, 2.24) is 0 Å². The van der Waals surface area contributed by atoms with E-state index in [0.29, 0.717) is 23.0 Å². The lowest BCUT2D eigenvalue weighted by molar-refractivity contribution is 0.111. The van der Waals surface area contributed by atoms with Crippen molar-refractivity contribution in [2.24, 2.45) is 0 Å². The number of para-hydroxylation sites is 1. The fourth-order valence-electron chi connectivity index (χ4n) is 1.71. The molecule has 0 saturated carbocycles. The predicted molar refractivity (Wildman–Crippen MR) is 62.0 cm³/mol. The van der Waals surface area contributed by atoms with Gasteiger partial charge in [0.15, 0.2) is 6.29 Å². The van der Waals surface area contributed by atoms with Crippen LogP contribution in [0.4, 0.5) is 0 Å². The fourth-order valence-corrected chi connectivity index (χ4v) is 1.71. The van der Waals surface area contributed by atoms with Crippen LogP contribution >= 0.6 is 0 Å². The maximum Gasteiger partial charge on any atom is 0.203 e. The van der Waals surface area contributed by atoms with Gasteiger partial charge in [0.1, 0.15) is 16.9 Å². The Morgan fingerprint density at radius 2 is 1.94 bits per heavy atom. The third-order valence-corrected chi connectivity index (χ3v) is 2.50. The van der Waals surface area contributed by atoms with Crippen molar-refractivity contribution in [3.63, 3.8) is 0 Å². The van der Waals surface area contributed by atoms with E-state index in [-0.39, 0.29) is 16.9 Å². The second-order valence-corrected chi connectivity index (χ2v) is 3.98. The number of aldehydes is 1. The van der Waals surface area contributed by atoms with Crippen LogP contribution < -0.4 is 5.43 Å². The van der Waals surface area contributed by atoms with E-state index in [2.05, 4.69) is 0 Å². The standard InChI is InChI=1S/C13H12O3/c1-8(2)13-10(7-14)12(15)9-5-3-4-6-11(9)16-13/h3-8H,1-2H3. The number of carbonyl (C=O) groups excluding carboxylic acids is 1. The Morgan fingerprint density at radius 3 is 2.56 bits per heavy atom. The maximum atomic E-state index is 12.0. The summed E-state index contributed by atoms with van der Waals surface area (Å²) in [6.07, 6.45) is 0.577. The number of carbonyl (C=O) groups is 1. The maximum absolute atomic E-state index is 12.0. The Labute approximate surface area is 92.7 Å². The number of rotatable bonds is 2. The van der Waals surface area contributed by atoms with Gasteiger partial charge in [-0.3, -0.25) is 9.59 Å². The molecule has 1 aromatic heterocycles. The first-order valence-corrected chi connectivity index (χ1v) is 5.16. The Hall–Kier alpha value is -1.90. The first kappa shape index (κ1) is 10.6. The van der Waals surface area contributed by atoms with Crippen LogP contribution in [0.3, 0.4) is 0 Å². The second-order valence-electron chi connectivity index (χ2n) is 3.98. The summed E-state index contributed by atoms with van der Waals surface area (Å²) in [5, 5.41) is 0.453. The van der Waals surface area contributed by atoms with Crippen LogP contribution in [0.5, 0.6) is 0 Å². The Kier molecular flexibility index (Phi) is 2.60. The zero-order valence-corrected chi connectivity index (χ0v) is 9.19. The van der Waals surface area contributed by atoms with Gasteiger partial charge < -0.3 is 4.42 Å². The average Bonchev–Trinajstić information content (AvgIpc) is 2.29. The van der Waals surface area contributed by atoms with Crippen LogP contribution in [0.15, 0.2) is 33.5 Å². The number of hydrogen-bond acceptors (Lipinski definition) is 3. The lowest BCUT2D eigenvalue weighted by Gasteiger charge is -2.08. The summed E-state index contributed by atoms with van der Waals surface area (Å²) in [6, 6.07) is 6.95. The van der Waals surface area contributed by atoms with Crippen LogP contribution in [0.1, 0.15) is 35.9 Å². The molecule has 0 saturated heterocycles. The van der Waals surface area contributed by atoms with Gasteiger partial charge in [0.05, 0.1) is 5.39 Å². The summed E-state index contributed by atoms with van der Waals surface area (Å²) in [7, 11) is 0. The summed E-state index contributed by atoms with van der Waals surface area (Å²) in [5.74, 6) is 0.469. The number of benzene rings is 1. The molecular weight excluding hydrogens is 204 g/mol. The van der Waals surface area contributed by atoms with Crippen molar-refractivity contribution in [2.45, 2.75) is 19.8 Å². The molecule has 0 N–H and O–H groups in total. The first-order chi connectivity index (χ1) is 7.65. The Balaban J connectivity index is 2.93. The van der Waals surface area contributed by atoms with Gasteiger partial charge in [0, 0.05) is 5.92 Å². The van der Waals surface area contributed by atoms with Crippen molar-refractivity contribution in [2.75, 3.05) is 0 Å². The molecule has 0 aliphatic rings. The van der Waals surface area contributed by atoms with Gasteiger partial charge in [-0.1, -0.05) is 26.0 Å². The van der Waals surface area contributed by atoms with Gasteiger partial charge in [-0.05, 0) is 12.1 Å². The fraction of sp³-hybridized carbons (Fsp3) is 0.231. The number of hydrogen-bond donors (Lipinski definition) is 0. The van der Waals surface area contributed by atoms with Crippen LogP contribution in [-0.4, -0.2) is 6.29 Å². The van der Waals surface area contributed by atoms with Crippen LogP contribution in [0.2, 0.25) is 0 Å². The minimum atomic E-state index is -0.249. The molecule has 0 aliphatic carbocycles. The quantitative estimate of drug-likeness (QED) is 0.725. The lowest BCUT2D eigenvalue weighted by atomic mass is 10.0. The van der Waals surface area contributed by atoms with Crippen molar-refractivity contribution < 1.29 is 9.21 Å². The molecule has 0 radical (unpaired) electrons. The zero-order valence-electron chi connectivity index (χ0n) is 9.19. The molecule has 0 fully saturated rings. The van der Waals surface area contributed by atoms with E-state index < -0.39 is 0 Å². The summed E-state index contributed by atoms with van der Waals surface area (Å²) >= 11 is 0. The molecule has 2 rings (SSSR count). The van der Waals surface area contributed by atoms with Crippen molar-refractivity contribution in [3.8, 4) is 0 Å². The highest BCUT2D eigenvalue weighted by Crippen LogP contribution is 2.21. The van der Waals surface area contributed by atoms with Crippen LogP contribution in [-0.2, 0) is 0 Å². The highest BCUT2D eigenvalue weighted by molar-refractivity contribution is 5.85. The molecule has 3 nitrogen and oxygen atoms in total. The highest BCUT2D eigenvalue weighted by atomic mass is 16.3. The van der Waals surface area contributed by atoms with E-state index in [1.165, 1.54) is 0 Å². The summed E-state index contributed by atoms with van der Waals surface area (Å²) in [5.41, 5.74) is 0.413. The van der Waals surface area contributed by atoms with Gasteiger partial charge >= 0.3 is 0 Å². The highest BCUT2D eigenvalue weighted by Gasteiger charge is 2.15. The van der Waals surface area contributed by atoms with Gasteiger partial charge in [0.25, 0.3) is 0 Å². The third kappa shape index (κ3) is 1.54. The molecule has 0 bridgehead atoms. The molecule has 1 heterocycles. The lowest BCUT2D eigenvalue weighted by Crippen LogP contribution is -2.12. The topological polar surface area (TPSA) is 47.3 Å². The molecule has 1 aromatic carbocycles. The minimum absolute atomic E-state index is 0.0116. The SMILES string of the molecule is CC(C)c1oc2ccccc2c(=O)c1C=O. The second kappa shape index (κ2) is 3.93. The van der Waals surface area contributed by atoms with Crippen LogP contribution in [0, 0.1) is 0 Å². The smallest absolute Gasteiger partial charge is 0.203 e. The molecule has 0 atom stereocenters. The molecule has 0 unspecified atom stereocenters.